The van der Waals surface area contributed by atoms with Crippen molar-refractivity contribution >= 4 is 24.2 Å². The summed E-state index contributed by atoms with van der Waals surface area (Å²) in [7, 11) is 0. The molecule has 0 aliphatic rings. The Bertz CT molecular complexity index is 198. The van der Waals surface area contributed by atoms with Gasteiger partial charge in [-0.05, 0) is 17.7 Å². The molecule has 0 aliphatic carbocycles. The number of hydrogen-bond donors (Lipinski definition) is 1. The van der Waals surface area contributed by atoms with Crippen LogP contribution in [0.25, 0.3) is 0 Å². The van der Waals surface area contributed by atoms with Gasteiger partial charge in [-0.15, -0.1) is 0 Å². The van der Waals surface area contributed by atoms with E-state index in [1.807, 2.05) is 24.3 Å². The van der Waals surface area contributed by atoms with E-state index in [0.717, 1.165) is 16.3 Å². The van der Waals surface area contributed by atoms with Crippen molar-refractivity contribution in [3.05, 3.63) is 34.9 Å². The Morgan fingerprint density at radius 1 is 1.44 bits per heavy atom. The van der Waals surface area contributed by atoms with Crippen LogP contribution in [0.4, 0.5) is 0 Å². The van der Waals surface area contributed by atoms with Crippen molar-refractivity contribution < 1.29 is 0 Å². The monoisotopic (exact) mass is 158 g/mol. The van der Waals surface area contributed by atoms with Crippen LogP contribution in [0.15, 0.2) is 24.3 Å². The van der Waals surface area contributed by atoms with E-state index in [1.165, 1.54) is 0 Å². The number of thiol groups is 1. The zero-order valence-electron chi connectivity index (χ0n) is 4.84. The van der Waals surface area contributed by atoms with Crippen molar-refractivity contribution in [1.82, 2.24) is 0 Å². The maximum atomic E-state index is 5.69. The van der Waals surface area contributed by atoms with Crippen LogP contribution >= 0.6 is 24.2 Å². The van der Waals surface area contributed by atoms with Crippen LogP contribution in [0, 0.1) is 0 Å². The highest BCUT2D eigenvalue weighted by Gasteiger charge is 1.87. The molecule has 0 saturated carbocycles. The SMILES string of the molecule is SCc1cccc(Cl)c1. The molecule has 0 amide bonds. The minimum atomic E-state index is 0.751. The first-order chi connectivity index (χ1) is 4.33. The summed E-state index contributed by atoms with van der Waals surface area (Å²) in [5.41, 5.74) is 1.16. The van der Waals surface area contributed by atoms with E-state index in [-0.39, 0.29) is 0 Å². The zero-order valence-corrected chi connectivity index (χ0v) is 6.49. The van der Waals surface area contributed by atoms with Gasteiger partial charge in [0.1, 0.15) is 0 Å². The lowest BCUT2D eigenvalue weighted by Crippen LogP contribution is -1.73. The first kappa shape index (κ1) is 6.97. The van der Waals surface area contributed by atoms with E-state index >= 15 is 0 Å². The van der Waals surface area contributed by atoms with Gasteiger partial charge in [-0.1, -0.05) is 23.7 Å². The largest absolute Gasteiger partial charge is 0.175 e. The van der Waals surface area contributed by atoms with Crippen molar-refractivity contribution in [2.24, 2.45) is 0 Å². The Balaban J connectivity index is 2.94. The Morgan fingerprint density at radius 3 is 2.67 bits per heavy atom. The number of benzene rings is 1. The highest BCUT2D eigenvalue weighted by molar-refractivity contribution is 7.79. The standard InChI is InChI=1S/C7H7ClS/c8-7-3-1-2-6(4-7)5-9/h1-4,9H,5H2. The first-order valence-electron chi connectivity index (χ1n) is 2.68. The van der Waals surface area contributed by atoms with Crippen molar-refractivity contribution in [2.75, 3.05) is 0 Å². The second-order valence-corrected chi connectivity index (χ2v) is 2.54. The van der Waals surface area contributed by atoms with Gasteiger partial charge in [0.05, 0.1) is 0 Å². The van der Waals surface area contributed by atoms with Crippen LogP contribution in [0.5, 0.6) is 0 Å². The van der Waals surface area contributed by atoms with Gasteiger partial charge in [-0.3, -0.25) is 0 Å². The predicted octanol–water partition coefficient (Wildman–Crippen LogP) is 2.77. The lowest BCUT2D eigenvalue weighted by molar-refractivity contribution is 1.43. The van der Waals surface area contributed by atoms with Crippen LogP contribution < -0.4 is 0 Å². The van der Waals surface area contributed by atoms with Crippen molar-refractivity contribution in [3.8, 4) is 0 Å². The van der Waals surface area contributed by atoms with Crippen LogP contribution in [0.3, 0.4) is 0 Å². The molecule has 1 aromatic rings. The molecule has 0 aliphatic heterocycles. The summed E-state index contributed by atoms with van der Waals surface area (Å²) in [6, 6.07) is 7.69. The lowest BCUT2D eigenvalue weighted by Gasteiger charge is -1.93. The number of halogens is 1. The molecule has 0 aromatic heterocycles. The lowest BCUT2D eigenvalue weighted by atomic mass is 10.2. The molecule has 48 valence electrons. The fourth-order valence-corrected chi connectivity index (χ4v) is 1.04. The van der Waals surface area contributed by atoms with E-state index in [9.17, 15) is 0 Å². The normalized spacial score (nSPS) is 9.56. The fraction of sp³-hybridized carbons (Fsp3) is 0.143. The molecule has 0 N–H and O–H groups in total. The summed E-state index contributed by atoms with van der Waals surface area (Å²) in [4.78, 5) is 0. The third kappa shape index (κ3) is 1.92. The van der Waals surface area contributed by atoms with E-state index in [1.54, 1.807) is 0 Å². The van der Waals surface area contributed by atoms with Crippen LogP contribution in [0.1, 0.15) is 5.56 Å². The molecule has 0 heterocycles. The van der Waals surface area contributed by atoms with Crippen molar-refractivity contribution in [3.63, 3.8) is 0 Å². The van der Waals surface area contributed by atoms with Crippen LogP contribution in [-0.2, 0) is 5.75 Å². The molecule has 0 fully saturated rings. The van der Waals surface area contributed by atoms with Gasteiger partial charge in [0, 0.05) is 10.8 Å². The Hall–Kier alpha value is -0.140. The van der Waals surface area contributed by atoms with Crippen LogP contribution in [-0.4, -0.2) is 0 Å². The number of rotatable bonds is 1. The van der Waals surface area contributed by atoms with Gasteiger partial charge >= 0.3 is 0 Å². The van der Waals surface area contributed by atoms with Gasteiger partial charge in [-0.2, -0.15) is 12.6 Å². The summed E-state index contributed by atoms with van der Waals surface area (Å²) in [6.45, 7) is 0. The molecule has 2 heteroatoms. The second-order valence-electron chi connectivity index (χ2n) is 1.79. The van der Waals surface area contributed by atoms with Gasteiger partial charge in [0.25, 0.3) is 0 Å². The van der Waals surface area contributed by atoms with Gasteiger partial charge < -0.3 is 0 Å². The zero-order chi connectivity index (χ0) is 6.69. The van der Waals surface area contributed by atoms with E-state index in [2.05, 4.69) is 12.6 Å². The molecule has 0 bridgehead atoms. The quantitative estimate of drug-likeness (QED) is 0.597. The fourth-order valence-electron chi connectivity index (χ4n) is 0.635. The van der Waals surface area contributed by atoms with Gasteiger partial charge in [-0.25, -0.2) is 0 Å². The molecule has 0 unspecified atom stereocenters. The maximum absolute atomic E-state index is 5.69. The summed E-state index contributed by atoms with van der Waals surface area (Å²) in [5, 5.41) is 0.779. The summed E-state index contributed by atoms with van der Waals surface area (Å²) in [6.07, 6.45) is 0. The summed E-state index contributed by atoms with van der Waals surface area (Å²) in [5.74, 6) is 0.751. The number of hydrogen-bond acceptors (Lipinski definition) is 1. The van der Waals surface area contributed by atoms with Gasteiger partial charge in [0.2, 0.25) is 0 Å². The van der Waals surface area contributed by atoms with E-state index in [4.69, 9.17) is 11.6 Å². The maximum Gasteiger partial charge on any atom is 0.0409 e. The molecule has 0 saturated heterocycles. The molecule has 0 spiro atoms. The Labute approximate surface area is 65.3 Å². The van der Waals surface area contributed by atoms with Crippen LogP contribution in [0.2, 0.25) is 5.02 Å². The third-order valence-corrected chi connectivity index (χ3v) is 1.67. The van der Waals surface area contributed by atoms with Gasteiger partial charge in [0.15, 0.2) is 0 Å². The smallest absolute Gasteiger partial charge is 0.0409 e. The molecule has 1 rings (SSSR count). The highest BCUT2D eigenvalue weighted by Crippen LogP contribution is 2.11. The topological polar surface area (TPSA) is 0 Å². The molecule has 0 radical (unpaired) electrons. The van der Waals surface area contributed by atoms with E-state index in [0.29, 0.717) is 0 Å². The second kappa shape index (κ2) is 3.14. The minimum absolute atomic E-state index is 0.751. The van der Waals surface area contributed by atoms with Crippen molar-refractivity contribution in [1.29, 1.82) is 0 Å². The summed E-state index contributed by atoms with van der Waals surface area (Å²) >= 11 is 9.79. The predicted molar refractivity (Wildman–Crippen MR) is 44.1 cm³/mol. The van der Waals surface area contributed by atoms with E-state index < -0.39 is 0 Å². The molecular formula is C7H7ClS. The Morgan fingerprint density at radius 2 is 2.22 bits per heavy atom. The first-order valence-corrected chi connectivity index (χ1v) is 3.69. The molecule has 9 heavy (non-hydrogen) atoms. The average Bonchev–Trinajstić information content (AvgIpc) is 1.88. The molecule has 1 aromatic carbocycles. The summed E-state index contributed by atoms with van der Waals surface area (Å²) < 4.78 is 0. The third-order valence-electron chi connectivity index (χ3n) is 1.07. The molecule has 0 nitrogen and oxygen atoms in total. The van der Waals surface area contributed by atoms with Crippen molar-refractivity contribution in [2.45, 2.75) is 5.75 Å². The average molecular weight is 159 g/mol. The molecule has 0 atom stereocenters. The highest BCUT2D eigenvalue weighted by atomic mass is 35.5. The minimum Gasteiger partial charge on any atom is -0.175 e. The molecular weight excluding hydrogens is 152 g/mol. The Kier molecular flexibility index (Phi) is 2.43.